The smallest absolute Gasteiger partial charge is 0.306 e. The van der Waals surface area contributed by atoms with E-state index >= 15 is 0 Å². The van der Waals surface area contributed by atoms with E-state index in [1.165, 1.54) is 0 Å². The maximum Gasteiger partial charge on any atom is 0.306 e. The number of carbonyl (C=O) groups excluding carboxylic acids is 1. The Kier molecular flexibility index (Phi) is 2.82. The highest BCUT2D eigenvalue weighted by molar-refractivity contribution is 5.72. The van der Waals surface area contributed by atoms with Crippen LogP contribution in [0.25, 0.3) is 0 Å². The largest absolute Gasteiger partial charge is 0.458 e. The molecule has 1 aliphatic heterocycles. The highest BCUT2D eigenvalue weighted by atomic mass is 16.6. The van der Waals surface area contributed by atoms with E-state index in [1.54, 1.807) is 0 Å². The van der Waals surface area contributed by atoms with Crippen molar-refractivity contribution in [2.45, 2.75) is 57.2 Å². The van der Waals surface area contributed by atoms with E-state index in [-0.39, 0.29) is 11.9 Å². The van der Waals surface area contributed by atoms with Gasteiger partial charge in [0.15, 0.2) is 0 Å². The van der Waals surface area contributed by atoms with Crippen molar-refractivity contribution in [3.8, 4) is 0 Å². The van der Waals surface area contributed by atoms with E-state index in [0.29, 0.717) is 6.42 Å². The molecule has 0 amide bonds. The minimum Gasteiger partial charge on any atom is -0.458 e. The number of allylic oxidation sites excluding steroid dienone is 1. The number of esters is 1. The Morgan fingerprint density at radius 2 is 2.25 bits per heavy atom. The molecule has 1 aliphatic carbocycles. The number of rotatable bonds is 1. The lowest BCUT2D eigenvalue weighted by molar-refractivity contribution is -0.163. The summed E-state index contributed by atoms with van der Waals surface area (Å²) in [4.78, 5) is 11.4. The Morgan fingerprint density at radius 1 is 1.50 bits per heavy atom. The van der Waals surface area contributed by atoms with E-state index in [2.05, 4.69) is 12.2 Å². The van der Waals surface area contributed by atoms with Gasteiger partial charge in [-0.3, -0.25) is 4.79 Å². The van der Waals surface area contributed by atoms with Crippen molar-refractivity contribution < 1.29 is 14.6 Å². The van der Waals surface area contributed by atoms with Crippen molar-refractivity contribution >= 4 is 5.97 Å². The molecule has 0 bridgehead atoms. The van der Waals surface area contributed by atoms with Gasteiger partial charge in [0.1, 0.15) is 5.60 Å². The first-order chi connectivity index (χ1) is 7.44. The summed E-state index contributed by atoms with van der Waals surface area (Å²) >= 11 is 0. The Labute approximate surface area is 96.5 Å². The quantitative estimate of drug-likeness (QED) is 0.548. The van der Waals surface area contributed by atoms with E-state index < -0.39 is 11.2 Å². The molecule has 1 fully saturated rings. The van der Waals surface area contributed by atoms with Gasteiger partial charge in [-0.05, 0) is 33.1 Å². The van der Waals surface area contributed by atoms with Gasteiger partial charge in [-0.2, -0.15) is 0 Å². The van der Waals surface area contributed by atoms with Crippen LogP contribution in [0, 0.1) is 5.92 Å². The number of aliphatic hydroxyl groups is 1. The molecule has 3 heteroatoms. The van der Waals surface area contributed by atoms with Gasteiger partial charge in [0.05, 0.1) is 5.60 Å². The summed E-state index contributed by atoms with van der Waals surface area (Å²) in [6.45, 7) is 3.63. The molecular weight excluding hydrogens is 204 g/mol. The van der Waals surface area contributed by atoms with E-state index in [9.17, 15) is 9.90 Å². The molecule has 0 saturated carbocycles. The van der Waals surface area contributed by atoms with E-state index in [4.69, 9.17) is 4.74 Å². The maximum absolute atomic E-state index is 11.4. The van der Waals surface area contributed by atoms with Crippen LogP contribution in [0.1, 0.15) is 46.0 Å². The molecular formula is C13H20O3. The van der Waals surface area contributed by atoms with Gasteiger partial charge in [-0.1, -0.05) is 12.2 Å². The normalized spacial score (nSPS) is 35.2. The summed E-state index contributed by atoms with van der Waals surface area (Å²) in [5, 5.41) is 10.3. The molecule has 0 aromatic heterocycles. The van der Waals surface area contributed by atoms with Crippen LogP contribution in [0.15, 0.2) is 12.2 Å². The summed E-state index contributed by atoms with van der Waals surface area (Å²) < 4.78 is 5.56. The Balaban J connectivity index is 2.29. The molecule has 3 nitrogen and oxygen atoms in total. The second-order valence-electron chi connectivity index (χ2n) is 5.50. The standard InChI is InChI=1S/C13H20O3/c1-12(2,15)10-6-4-3-5-8-13(10)9-7-11(14)16-13/h3,5,10,15H,4,6-9H2,1-2H3/t10-,13+/m0/s1. The summed E-state index contributed by atoms with van der Waals surface area (Å²) in [7, 11) is 0. The van der Waals surface area contributed by atoms with Crippen LogP contribution in [0.4, 0.5) is 0 Å². The van der Waals surface area contributed by atoms with Gasteiger partial charge in [0.2, 0.25) is 0 Å². The fraction of sp³-hybridized carbons (Fsp3) is 0.769. The van der Waals surface area contributed by atoms with Gasteiger partial charge in [-0.25, -0.2) is 0 Å². The highest BCUT2D eigenvalue weighted by Crippen LogP contribution is 2.45. The van der Waals surface area contributed by atoms with Crippen LogP contribution < -0.4 is 0 Å². The minimum absolute atomic E-state index is 0.0291. The zero-order valence-electron chi connectivity index (χ0n) is 10.0. The molecule has 1 N–H and O–H groups in total. The third-order valence-corrected chi connectivity index (χ3v) is 3.81. The van der Waals surface area contributed by atoms with Gasteiger partial charge in [0.25, 0.3) is 0 Å². The SMILES string of the molecule is CC(C)(O)[C@@H]1CCC=CC[C@@]12CCC(=O)O2. The Morgan fingerprint density at radius 3 is 2.81 bits per heavy atom. The number of carbonyl (C=O) groups is 1. The van der Waals surface area contributed by atoms with Crippen LogP contribution in [-0.4, -0.2) is 22.3 Å². The molecule has 0 aromatic rings. The summed E-state index contributed by atoms with van der Waals surface area (Å²) in [5.41, 5.74) is -1.25. The third kappa shape index (κ3) is 2.01. The van der Waals surface area contributed by atoms with Crippen LogP contribution in [0.2, 0.25) is 0 Å². The van der Waals surface area contributed by atoms with Gasteiger partial charge >= 0.3 is 5.97 Å². The summed E-state index contributed by atoms with van der Waals surface area (Å²) in [5.74, 6) is -0.0917. The molecule has 0 radical (unpaired) electrons. The van der Waals surface area contributed by atoms with Crippen molar-refractivity contribution in [2.24, 2.45) is 5.92 Å². The van der Waals surface area contributed by atoms with Crippen molar-refractivity contribution in [3.05, 3.63) is 12.2 Å². The zero-order valence-corrected chi connectivity index (χ0v) is 10.0. The average molecular weight is 224 g/mol. The number of hydrogen-bond acceptors (Lipinski definition) is 3. The van der Waals surface area contributed by atoms with Crippen molar-refractivity contribution in [1.29, 1.82) is 0 Å². The highest BCUT2D eigenvalue weighted by Gasteiger charge is 2.51. The maximum atomic E-state index is 11.4. The lowest BCUT2D eigenvalue weighted by atomic mass is 9.72. The van der Waals surface area contributed by atoms with Crippen molar-refractivity contribution in [1.82, 2.24) is 0 Å². The molecule has 1 heterocycles. The second kappa shape index (κ2) is 3.88. The molecule has 90 valence electrons. The minimum atomic E-state index is -0.795. The van der Waals surface area contributed by atoms with Gasteiger partial charge in [-0.15, -0.1) is 0 Å². The first-order valence-corrected chi connectivity index (χ1v) is 6.03. The third-order valence-electron chi connectivity index (χ3n) is 3.81. The van der Waals surface area contributed by atoms with Gasteiger partial charge in [0, 0.05) is 18.8 Å². The van der Waals surface area contributed by atoms with Crippen molar-refractivity contribution in [3.63, 3.8) is 0 Å². The predicted molar refractivity (Wildman–Crippen MR) is 60.8 cm³/mol. The molecule has 0 unspecified atom stereocenters. The van der Waals surface area contributed by atoms with Crippen LogP contribution >= 0.6 is 0 Å². The first-order valence-electron chi connectivity index (χ1n) is 6.03. The number of ether oxygens (including phenoxy) is 1. The van der Waals surface area contributed by atoms with Crippen LogP contribution in [-0.2, 0) is 9.53 Å². The van der Waals surface area contributed by atoms with Crippen LogP contribution in [0.5, 0.6) is 0 Å². The monoisotopic (exact) mass is 224 g/mol. The number of hydrogen-bond donors (Lipinski definition) is 1. The van der Waals surface area contributed by atoms with Crippen molar-refractivity contribution in [2.75, 3.05) is 0 Å². The molecule has 0 aromatic carbocycles. The zero-order chi connectivity index (χ0) is 11.8. The summed E-state index contributed by atoms with van der Waals surface area (Å²) in [6, 6.07) is 0. The molecule has 2 atom stereocenters. The lowest BCUT2D eigenvalue weighted by Gasteiger charge is -2.41. The van der Waals surface area contributed by atoms with E-state index in [1.807, 2.05) is 13.8 Å². The fourth-order valence-corrected chi connectivity index (χ4v) is 3.10. The molecule has 1 spiro atoms. The topological polar surface area (TPSA) is 46.5 Å². The predicted octanol–water partition coefficient (Wildman–Crippen LogP) is 2.19. The molecule has 2 aliphatic rings. The average Bonchev–Trinajstić information content (AvgIpc) is 2.42. The fourth-order valence-electron chi connectivity index (χ4n) is 3.10. The Bertz CT molecular complexity index is 314. The van der Waals surface area contributed by atoms with E-state index in [0.717, 1.165) is 25.7 Å². The molecule has 1 saturated heterocycles. The molecule has 2 rings (SSSR count). The van der Waals surface area contributed by atoms with Gasteiger partial charge < -0.3 is 9.84 Å². The summed E-state index contributed by atoms with van der Waals surface area (Å²) in [6.07, 6.45) is 8.02. The first kappa shape index (κ1) is 11.6. The lowest BCUT2D eigenvalue weighted by Crippen LogP contribution is -2.48. The van der Waals surface area contributed by atoms with Crippen LogP contribution in [0.3, 0.4) is 0 Å². The molecule has 16 heavy (non-hydrogen) atoms. The second-order valence-corrected chi connectivity index (χ2v) is 5.50. The Hall–Kier alpha value is -0.830.